The molecule has 2 heterocycles. The molecule has 2 rings (SSSR count). The maximum atomic E-state index is 4.24. The molecule has 0 saturated carbocycles. The Hall–Kier alpha value is -1.78. The van der Waals surface area contributed by atoms with Gasteiger partial charge in [-0.25, -0.2) is 0 Å². The molecule has 15 heavy (non-hydrogen) atoms. The van der Waals surface area contributed by atoms with E-state index in [1.54, 1.807) is 4.68 Å². The van der Waals surface area contributed by atoms with Crippen LogP contribution in [0.1, 0.15) is 11.3 Å². The van der Waals surface area contributed by atoms with Gasteiger partial charge in [-0.3, -0.25) is 9.36 Å². The van der Waals surface area contributed by atoms with E-state index < -0.39 is 0 Å². The van der Waals surface area contributed by atoms with Gasteiger partial charge in [0.15, 0.2) is 0 Å². The van der Waals surface area contributed by atoms with Crippen molar-refractivity contribution in [1.82, 2.24) is 19.6 Å². The molecular formula is C10H15N5. The van der Waals surface area contributed by atoms with Crippen molar-refractivity contribution in [2.45, 2.75) is 13.5 Å². The minimum Gasteiger partial charge on any atom is -0.364 e. The van der Waals surface area contributed by atoms with Gasteiger partial charge in [0.2, 0.25) is 0 Å². The monoisotopic (exact) mass is 205 g/mol. The Morgan fingerprint density at radius 3 is 2.73 bits per heavy atom. The van der Waals surface area contributed by atoms with Crippen LogP contribution in [0, 0.1) is 6.92 Å². The molecule has 0 bridgehead atoms. The first-order valence-corrected chi connectivity index (χ1v) is 4.88. The summed E-state index contributed by atoms with van der Waals surface area (Å²) in [5.74, 6) is 0.890. The van der Waals surface area contributed by atoms with Crippen molar-refractivity contribution >= 4 is 5.82 Å². The lowest BCUT2D eigenvalue weighted by Crippen LogP contribution is -2.02. The normalized spacial score (nSPS) is 10.6. The maximum Gasteiger partial charge on any atom is 0.148 e. The standard InChI is InChI=1S/C10H15N5/c1-8-9(7-12-15(8)3)6-11-10-4-5-14(2)13-10/h4-5,7H,6H2,1-3H3,(H,11,13). The third-order valence-electron chi connectivity index (χ3n) is 2.51. The number of anilines is 1. The summed E-state index contributed by atoms with van der Waals surface area (Å²) in [6.07, 6.45) is 3.80. The Labute approximate surface area is 88.7 Å². The molecule has 0 radical (unpaired) electrons. The fraction of sp³-hybridized carbons (Fsp3) is 0.400. The Morgan fingerprint density at radius 1 is 1.40 bits per heavy atom. The minimum atomic E-state index is 0.761. The third-order valence-corrected chi connectivity index (χ3v) is 2.51. The molecule has 2 aromatic rings. The van der Waals surface area contributed by atoms with E-state index in [1.807, 2.05) is 37.2 Å². The number of hydrogen-bond donors (Lipinski definition) is 1. The number of nitrogens with one attached hydrogen (secondary N) is 1. The fourth-order valence-corrected chi connectivity index (χ4v) is 1.41. The van der Waals surface area contributed by atoms with Gasteiger partial charge < -0.3 is 5.32 Å². The second-order valence-corrected chi connectivity index (χ2v) is 3.61. The molecule has 0 atom stereocenters. The molecule has 0 spiro atoms. The van der Waals surface area contributed by atoms with E-state index in [0.717, 1.165) is 12.4 Å². The molecule has 2 aromatic heterocycles. The van der Waals surface area contributed by atoms with Crippen molar-refractivity contribution in [3.63, 3.8) is 0 Å². The molecular weight excluding hydrogens is 190 g/mol. The lowest BCUT2D eigenvalue weighted by Gasteiger charge is -2.02. The summed E-state index contributed by atoms with van der Waals surface area (Å²) in [4.78, 5) is 0. The number of hydrogen-bond acceptors (Lipinski definition) is 3. The van der Waals surface area contributed by atoms with Crippen molar-refractivity contribution in [3.8, 4) is 0 Å². The van der Waals surface area contributed by atoms with Gasteiger partial charge in [0.1, 0.15) is 5.82 Å². The van der Waals surface area contributed by atoms with Crippen LogP contribution in [-0.2, 0) is 20.6 Å². The van der Waals surface area contributed by atoms with E-state index in [4.69, 9.17) is 0 Å². The molecule has 0 aromatic carbocycles. The summed E-state index contributed by atoms with van der Waals surface area (Å²) in [7, 11) is 3.85. The van der Waals surface area contributed by atoms with Gasteiger partial charge >= 0.3 is 0 Å². The third kappa shape index (κ3) is 2.01. The van der Waals surface area contributed by atoms with Crippen LogP contribution in [0.4, 0.5) is 5.82 Å². The van der Waals surface area contributed by atoms with E-state index in [-0.39, 0.29) is 0 Å². The largest absolute Gasteiger partial charge is 0.364 e. The van der Waals surface area contributed by atoms with E-state index >= 15 is 0 Å². The zero-order valence-corrected chi connectivity index (χ0v) is 9.23. The summed E-state index contributed by atoms with van der Waals surface area (Å²) >= 11 is 0. The Balaban J connectivity index is 2.02. The number of nitrogens with zero attached hydrogens (tertiary/aromatic N) is 4. The average molecular weight is 205 g/mol. The Morgan fingerprint density at radius 2 is 2.20 bits per heavy atom. The van der Waals surface area contributed by atoms with Crippen LogP contribution in [0.2, 0.25) is 0 Å². The van der Waals surface area contributed by atoms with Crippen molar-refractivity contribution in [1.29, 1.82) is 0 Å². The summed E-state index contributed by atoms with van der Waals surface area (Å²) < 4.78 is 3.65. The van der Waals surface area contributed by atoms with Gasteiger partial charge in [-0.1, -0.05) is 0 Å². The summed E-state index contributed by atoms with van der Waals surface area (Å²) in [6, 6.07) is 1.95. The molecule has 0 aliphatic heterocycles. The molecule has 5 heteroatoms. The average Bonchev–Trinajstić information content (AvgIpc) is 2.74. The van der Waals surface area contributed by atoms with Crippen molar-refractivity contribution in [2.24, 2.45) is 14.1 Å². The topological polar surface area (TPSA) is 47.7 Å². The van der Waals surface area contributed by atoms with Gasteiger partial charge in [-0.05, 0) is 6.92 Å². The van der Waals surface area contributed by atoms with Crippen LogP contribution in [0.25, 0.3) is 0 Å². The highest BCUT2D eigenvalue weighted by Gasteiger charge is 2.03. The Kier molecular flexibility index (Phi) is 2.45. The molecule has 0 saturated heterocycles. The maximum absolute atomic E-state index is 4.24. The minimum absolute atomic E-state index is 0.761. The Bertz CT molecular complexity index is 454. The lowest BCUT2D eigenvalue weighted by molar-refractivity contribution is 0.738. The first kappa shape index (κ1) is 9.76. The number of rotatable bonds is 3. The first-order valence-electron chi connectivity index (χ1n) is 4.88. The van der Waals surface area contributed by atoms with Gasteiger partial charge in [-0.2, -0.15) is 10.2 Å². The van der Waals surface area contributed by atoms with Crippen LogP contribution in [0.3, 0.4) is 0 Å². The second-order valence-electron chi connectivity index (χ2n) is 3.61. The van der Waals surface area contributed by atoms with Crippen molar-refractivity contribution in [2.75, 3.05) is 5.32 Å². The molecule has 0 fully saturated rings. The van der Waals surface area contributed by atoms with Gasteiger partial charge in [-0.15, -0.1) is 0 Å². The van der Waals surface area contributed by atoms with Crippen LogP contribution in [-0.4, -0.2) is 19.6 Å². The summed E-state index contributed by atoms with van der Waals surface area (Å²) in [6.45, 7) is 2.82. The molecule has 5 nitrogen and oxygen atoms in total. The number of aryl methyl sites for hydroxylation is 2. The van der Waals surface area contributed by atoms with Crippen molar-refractivity contribution in [3.05, 3.63) is 29.7 Å². The molecule has 0 aliphatic carbocycles. The molecule has 80 valence electrons. The first-order chi connectivity index (χ1) is 7.16. The van der Waals surface area contributed by atoms with Crippen LogP contribution < -0.4 is 5.32 Å². The molecule has 1 N–H and O–H groups in total. The summed E-state index contributed by atoms with van der Waals surface area (Å²) in [5, 5.41) is 11.7. The predicted octanol–water partition coefficient (Wildman–Crippen LogP) is 1.07. The van der Waals surface area contributed by atoms with Crippen LogP contribution in [0.15, 0.2) is 18.5 Å². The highest BCUT2D eigenvalue weighted by molar-refractivity contribution is 5.34. The highest BCUT2D eigenvalue weighted by Crippen LogP contribution is 2.08. The zero-order valence-electron chi connectivity index (χ0n) is 9.23. The quantitative estimate of drug-likeness (QED) is 0.815. The van der Waals surface area contributed by atoms with E-state index in [9.17, 15) is 0 Å². The van der Waals surface area contributed by atoms with Crippen LogP contribution >= 0.6 is 0 Å². The zero-order chi connectivity index (χ0) is 10.8. The SMILES string of the molecule is Cc1c(CNc2ccn(C)n2)cnn1C. The van der Waals surface area contributed by atoms with E-state index in [0.29, 0.717) is 0 Å². The van der Waals surface area contributed by atoms with E-state index in [1.165, 1.54) is 11.3 Å². The summed E-state index contributed by atoms with van der Waals surface area (Å²) in [5.41, 5.74) is 2.38. The van der Waals surface area contributed by atoms with Gasteiger partial charge in [0.05, 0.1) is 6.20 Å². The van der Waals surface area contributed by atoms with E-state index in [2.05, 4.69) is 22.4 Å². The smallest absolute Gasteiger partial charge is 0.148 e. The van der Waals surface area contributed by atoms with Gasteiger partial charge in [0.25, 0.3) is 0 Å². The van der Waals surface area contributed by atoms with Crippen LogP contribution in [0.5, 0.6) is 0 Å². The van der Waals surface area contributed by atoms with Gasteiger partial charge in [0, 0.05) is 44.2 Å². The second kappa shape index (κ2) is 3.76. The fourth-order valence-electron chi connectivity index (χ4n) is 1.41. The number of aromatic nitrogens is 4. The molecule has 0 unspecified atom stereocenters. The lowest BCUT2D eigenvalue weighted by atomic mass is 10.2. The highest BCUT2D eigenvalue weighted by atomic mass is 15.3. The van der Waals surface area contributed by atoms with Crippen molar-refractivity contribution < 1.29 is 0 Å². The molecule has 0 amide bonds. The molecule has 0 aliphatic rings. The predicted molar refractivity (Wildman–Crippen MR) is 58.5 cm³/mol.